The van der Waals surface area contributed by atoms with E-state index in [1.165, 1.54) is 7.11 Å². The molecule has 0 spiro atoms. The Morgan fingerprint density at radius 3 is 2.73 bits per heavy atom. The number of hydrogen-bond acceptors (Lipinski definition) is 2. The van der Waals surface area contributed by atoms with Crippen molar-refractivity contribution in [3.8, 4) is 5.75 Å². The van der Waals surface area contributed by atoms with E-state index in [1.807, 2.05) is 24.3 Å². The second-order valence-corrected chi connectivity index (χ2v) is 5.56. The van der Waals surface area contributed by atoms with Crippen molar-refractivity contribution < 1.29 is 9.53 Å². The monoisotopic (exact) mass is 380 g/mol. The third-order valence-corrected chi connectivity index (χ3v) is 3.81. The van der Waals surface area contributed by atoms with Crippen molar-refractivity contribution in [3.05, 3.63) is 63.7 Å². The molecular formula is C16H14BrClN2O2. The van der Waals surface area contributed by atoms with Crippen molar-refractivity contribution >= 4 is 45.3 Å². The van der Waals surface area contributed by atoms with Crippen LogP contribution in [0.2, 0.25) is 5.02 Å². The van der Waals surface area contributed by atoms with Gasteiger partial charge in [0, 0.05) is 16.4 Å². The van der Waals surface area contributed by atoms with Crippen LogP contribution in [0.5, 0.6) is 5.75 Å². The summed E-state index contributed by atoms with van der Waals surface area (Å²) >= 11 is 9.43. The Labute approximate surface area is 142 Å². The Bertz CT molecular complexity index is 704. The molecule has 0 aromatic heterocycles. The van der Waals surface area contributed by atoms with Crippen molar-refractivity contribution in [2.45, 2.75) is 0 Å². The fraction of sp³-hybridized carbons (Fsp3) is 0.0625. The van der Waals surface area contributed by atoms with Gasteiger partial charge >= 0.3 is 6.03 Å². The minimum Gasteiger partial charge on any atom is -0.495 e. The average Bonchev–Trinajstić information content (AvgIpc) is 2.49. The number of rotatable bonds is 4. The highest BCUT2D eigenvalue weighted by Gasteiger charge is 2.04. The molecule has 0 bridgehead atoms. The first kappa shape index (κ1) is 16.4. The molecular weight excluding hydrogens is 368 g/mol. The van der Waals surface area contributed by atoms with Gasteiger partial charge in [-0.05, 0) is 35.9 Å². The second kappa shape index (κ2) is 7.87. The van der Waals surface area contributed by atoms with Crippen LogP contribution < -0.4 is 15.4 Å². The average molecular weight is 382 g/mol. The Kier molecular flexibility index (Phi) is 5.86. The molecule has 0 heterocycles. The van der Waals surface area contributed by atoms with Gasteiger partial charge in [0.2, 0.25) is 0 Å². The summed E-state index contributed by atoms with van der Waals surface area (Å²) < 4.78 is 6.01. The Morgan fingerprint density at radius 2 is 2.05 bits per heavy atom. The Hall–Kier alpha value is -1.98. The molecule has 0 aliphatic rings. The first-order valence-electron chi connectivity index (χ1n) is 6.42. The van der Waals surface area contributed by atoms with Crippen LogP contribution in [-0.2, 0) is 0 Å². The van der Waals surface area contributed by atoms with Crippen LogP contribution in [0.25, 0.3) is 6.08 Å². The lowest BCUT2D eigenvalue weighted by atomic mass is 10.2. The van der Waals surface area contributed by atoms with Crippen LogP contribution in [0.3, 0.4) is 0 Å². The molecule has 0 aliphatic heterocycles. The quantitative estimate of drug-likeness (QED) is 0.791. The van der Waals surface area contributed by atoms with Crippen LogP contribution in [0.15, 0.2) is 53.1 Å². The van der Waals surface area contributed by atoms with Crippen LogP contribution >= 0.6 is 27.5 Å². The molecule has 0 atom stereocenters. The highest BCUT2D eigenvalue weighted by molar-refractivity contribution is 9.10. The number of carbonyl (C=O) groups is 1. The van der Waals surface area contributed by atoms with Crippen molar-refractivity contribution in [1.29, 1.82) is 0 Å². The van der Waals surface area contributed by atoms with E-state index in [4.69, 9.17) is 16.3 Å². The third-order valence-electron chi connectivity index (χ3n) is 2.79. The van der Waals surface area contributed by atoms with Gasteiger partial charge in [0.05, 0.1) is 12.1 Å². The number of carbonyl (C=O) groups excluding carboxylic acids is 1. The molecule has 2 N–H and O–H groups in total. The molecule has 2 aromatic carbocycles. The maximum absolute atomic E-state index is 11.8. The molecule has 0 saturated heterocycles. The predicted molar refractivity (Wildman–Crippen MR) is 93.3 cm³/mol. The van der Waals surface area contributed by atoms with Crippen LogP contribution in [0.4, 0.5) is 10.5 Å². The lowest BCUT2D eigenvalue weighted by molar-refractivity contribution is 0.255. The number of urea groups is 1. The van der Waals surface area contributed by atoms with E-state index < -0.39 is 0 Å². The molecule has 2 aromatic rings. The second-order valence-electron chi connectivity index (χ2n) is 4.30. The number of amides is 2. The summed E-state index contributed by atoms with van der Waals surface area (Å²) in [6, 6.07) is 12.4. The van der Waals surface area contributed by atoms with Crippen molar-refractivity contribution in [1.82, 2.24) is 5.32 Å². The smallest absolute Gasteiger partial charge is 0.323 e. The van der Waals surface area contributed by atoms with Gasteiger partial charge in [-0.15, -0.1) is 0 Å². The summed E-state index contributed by atoms with van der Waals surface area (Å²) in [5.74, 6) is 0.557. The molecule has 0 aliphatic carbocycles. The van der Waals surface area contributed by atoms with E-state index in [0.29, 0.717) is 16.5 Å². The van der Waals surface area contributed by atoms with Crippen LogP contribution in [-0.4, -0.2) is 13.1 Å². The molecule has 0 saturated carbocycles. The maximum atomic E-state index is 11.8. The first-order valence-corrected chi connectivity index (χ1v) is 7.59. The van der Waals surface area contributed by atoms with Gasteiger partial charge in [-0.1, -0.05) is 45.7 Å². The standard InChI is InChI=1S/C16H14BrClN2O2/c1-22-15-7-6-12(10-14(15)18)20-16(21)19-9-8-11-4-2-3-5-13(11)17/h2-10H,1H3,(H2,19,20,21)/b9-8+. The minimum atomic E-state index is -0.357. The SMILES string of the molecule is COc1ccc(NC(=O)N/C=C/c2ccccc2Br)cc1Cl. The van der Waals surface area contributed by atoms with Gasteiger partial charge < -0.3 is 15.4 Å². The zero-order valence-corrected chi connectivity index (χ0v) is 14.1. The molecule has 2 rings (SSSR count). The van der Waals surface area contributed by atoms with Gasteiger partial charge in [-0.2, -0.15) is 0 Å². The topological polar surface area (TPSA) is 50.4 Å². The van der Waals surface area contributed by atoms with Crippen molar-refractivity contribution in [2.24, 2.45) is 0 Å². The molecule has 4 nitrogen and oxygen atoms in total. The number of benzene rings is 2. The maximum Gasteiger partial charge on any atom is 0.323 e. The summed E-state index contributed by atoms with van der Waals surface area (Å²) in [6.45, 7) is 0. The number of ether oxygens (including phenoxy) is 1. The summed E-state index contributed by atoms with van der Waals surface area (Å²) in [4.78, 5) is 11.8. The Morgan fingerprint density at radius 1 is 1.27 bits per heavy atom. The van der Waals surface area contributed by atoms with Crippen LogP contribution in [0.1, 0.15) is 5.56 Å². The summed E-state index contributed by atoms with van der Waals surface area (Å²) in [6.07, 6.45) is 3.37. The van der Waals surface area contributed by atoms with Gasteiger partial charge in [-0.25, -0.2) is 4.79 Å². The zero-order valence-electron chi connectivity index (χ0n) is 11.8. The fourth-order valence-electron chi connectivity index (χ4n) is 1.73. The minimum absolute atomic E-state index is 0.357. The third kappa shape index (κ3) is 4.51. The van der Waals surface area contributed by atoms with Crippen molar-refractivity contribution in [2.75, 3.05) is 12.4 Å². The lowest BCUT2D eigenvalue weighted by Gasteiger charge is -2.07. The molecule has 0 radical (unpaired) electrons. The summed E-state index contributed by atoms with van der Waals surface area (Å²) in [5, 5.41) is 5.75. The Balaban J connectivity index is 1.93. The van der Waals surface area contributed by atoms with E-state index >= 15 is 0 Å². The molecule has 22 heavy (non-hydrogen) atoms. The molecule has 2 amide bonds. The lowest BCUT2D eigenvalue weighted by Crippen LogP contribution is -2.23. The summed E-state index contributed by atoms with van der Waals surface area (Å²) in [5.41, 5.74) is 1.55. The van der Waals surface area contributed by atoms with Gasteiger partial charge in [0.1, 0.15) is 5.75 Å². The zero-order chi connectivity index (χ0) is 15.9. The predicted octanol–water partition coefficient (Wildman–Crippen LogP) is 4.90. The number of nitrogens with one attached hydrogen (secondary N) is 2. The van der Waals surface area contributed by atoms with Gasteiger partial charge in [0.15, 0.2) is 0 Å². The van der Waals surface area contributed by atoms with Crippen molar-refractivity contribution in [3.63, 3.8) is 0 Å². The van der Waals surface area contributed by atoms with E-state index in [9.17, 15) is 4.79 Å². The number of methoxy groups -OCH3 is 1. The molecule has 0 unspecified atom stereocenters. The fourth-order valence-corrected chi connectivity index (χ4v) is 2.40. The van der Waals surface area contributed by atoms with Crippen LogP contribution in [0, 0.1) is 0 Å². The largest absolute Gasteiger partial charge is 0.495 e. The number of halogens is 2. The molecule has 0 fully saturated rings. The van der Waals surface area contributed by atoms with E-state index in [0.717, 1.165) is 10.0 Å². The highest BCUT2D eigenvalue weighted by Crippen LogP contribution is 2.27. The molecule has 6 heteroatoms. The molecule has 114 valence electrons. The highest BCUT2D eigenvalue weighted by atomic mass is 79.9. The van der Waals surface area contributed by atoms with Gasteiger partial charge in [-0.3, -0.25) is 0 Å². The summed E-state index contributed by atoms with van der Waals surface area (Å²) in [7, 11) is 1.54. The van der Waals surface area contributed by atoms with E-state index in [2.05, 4.69) is 26.6 Å². The normalized spacial score (nSPS) is 10.5. The van der Waals surface area contributed by atoms with Gasteiger partial charge in [0.25, 0.3) is 0 Å². The number of hydrogen-bond donors (Lipinski definition) is 2. The number of anilines is 1. The first-order chi connectivity index (χ1) is 10.6. The van der Waals surface area contributed by atoms with E-state index in [1.54, 1.807) is 30.5 Å². The van der Waals surface area contributed by atoms with E-state index in [-0.39, 0.29) is 6.03 Å².